The summed E-state index contributed by atoms with van der Waals surface area (Å²) in [5.41, 5.74) is 8.95. The minimum absolute atomic E-state index is 0.487. The Kier molecular flexibility index (Phi) is 4.53. The number of nitrogens with zero attached hydrogens (tertiary/aromatic N) is 2. The molecule has 0 spiro atoms. The average molecular weight is 275 g/mol. The fraction of sp³-hybridized carbons (Fsp3) is 0.400. The lowest BCUT2D eigenvalue weighted by atomic mass is 10.1. The number of hydrogen-bond donors (Lipinski definition) is 1. The SMILES string of the molecule is CSCCC(C)N(C)c1ccc(N)c2cccnc12. The highest BCUT2D eigenvalue weighted by molar-refractivity contribution is 7.98. The van der Waals surface area contributed by atoms with Crippen molar-refractivity contribution in [1.29, 1.82) is 0 Å². The van der Waals surface area contributed by atoms with E-state index in [-0.39, 0.29) is 0 Å². The zero-order chi connectivity index (χ0) is 13.8. The highest BCUT2D eigenvalue weighted by Gasteiger charge is 2.14. The van der Waals surface area contributed by atoms with Gasteiger partial charge in [0.25, 0.3) is 0 Å². The van der Waals surface area contributed by atoms with Crippen LogP contribution < -0.4 is 10.6 Å². The van der Waals surface area contributed by atoms with E-state index in [0.29, 0.717) is 6.04 Å². The van der Waals surface area contributed by atoms with Gasteiger partial charge < -0.3 is 10.6 Å². The second kappa shape index (κ2) is 6.15. The van der Waals surface area contributed by atoms with E-state index < -0.39 is 0 Å². The van der Waals surface area contributed by atoms with Crippen LogP contribution in [0, 0.1) is 0 Å². The molecule has 0 amide bonds. The molecule has 1 heterocycles. The summed E-state index contributed by atoms with van der Waals surface area (Å²) in [4.78, 5) is 6.80. The van der Waals surface area contributed by atoms with Crippen molar-refractivity contribution in [3.05, 3.63) is 30.5 Å². The molecular weight excluding hydrogens is 254 g/mol. The highest BCUT2D eigenvalue weighted by atomic mass is 32.2. The van der Waals surface area contributed by atoms with Crippen molar-refractivity contribution in [2.45, 2.75) is 19.4 Å². The third kappa shape index (κ3) is 2.95. The van der Waals surface area contributed by atoms with E-state index in [1.165, 1.54) is 5.75 Å². The maximum Gasteiger partial charge on any atom is 0.0955 e. The Morgan fingerprint density at radius 1 is 1.37 bits per heavy atom. The van der Waals surface area contributed by atoms with Gasteiger partial charge >= 0.3 is 0 Å². The molecule has 102 valence electrons. The molecular formula is C15H21N3S. The predicted molar refractivity (Wildman–Crippen MR) is 87.0 cm³/mol. The molecule has 1 aromatic carbocycles. The first-order chi connectivity index (χ1) is 9.15. The van der Waals surface area contributed by atoms with Crippen LogP contribution in [0.1, 0.15) is 13.3 Å². The number of pyridine rings is 1. The van der Waals surface area contributed by atoms with Gasteiger partial charge in [-0.25, -0.2) is 0 Å². The van der Waals surface area contributed by atoms with Gasteiger partial charge in [0.1, 0.15) is 0 Å². The molecule has 0 aliphatic carbocycles. The summed E-state index contributed by atoms with van der Waals surface area (Å²) in [6, 6.07) is 8.49. The standard InChI is InChI=1S/C15H21N3S/c1-11(8-10-19-3)18(2)14-7-6-13(16)12-5-4-9-17-15(12)14/h4-7,9,11H,8,10,16H2,1-3H3. The van der Waals surface area contributed by atoms with Gasteiger partial charge in [-0.1, -0.05) is 0 Å². The Labute approximate surface area is 119 Å². The minimum Gasteiger partial charge on any atom is -0.398 e. The summed E-state index contributed by atoms with van der Waals surface area (Å²) in [5.74, 6) is 1.17. The normalized spacial score (nSPS) is 12.6. The molecule has 0 radical (unpaired) electrons. The smallest absolute Gasteiger partial charge is 0.0955 e. The maximum atomic E-state index is 6.02. The van der Waals surface area contributed by atoms with Crippen LogP contribution >= 0.6 is 11.8 Å². The van der Waals surface area contributed by atoms with Gasteiger partial charge in [0, 0.05) is 30.4 Å². The minimum atomic E-state index is 0.487. The van der Waals surface area contributed by atoms with Crippen LogP contribution in [0.25, 0.3) is 10.9 Å². The van der Waals surface area contributed by atoms with E-state index in [0.717, 1.165) is 28.7 Å². The highest BCUT2D eigenvalue weighted by Crippen LogP contribution is 2.29. The number of aromatic nitrogens is 1. The molecule has 2 aromatic rings. The molecule has 1 unspecified atom stereocenters. The van der Waals surface area contributed by atoms with Crippen molar-refractivity contribution >= 4 is 34.0 Å². The van der Waals surface area contributed by atoms with E-state index >= 15 is 0 Å². The summed E-state index contributed by atoms with van der Waals surface area (Å²) in [6.45, 7) is 2.25. The van der Waals surface area contributed by atoms with Crippen LogP contribution in [0.3, 0.4) is 0 Å². The number of anilines is 2. The molecule has 2 N–H and O–H groups in total. The molecule has 2 rings (SSSR count). The van der Waals surface area contributed by atoms with Crippen LogP contribution in [0.15, 0.2) is 30.5 Å². The molecule has 4 heteroatoms. The largest absolute Gasteiger partial charge is 0.398 e. The van der Waals surface area contributed by atoms with Gasteiger partial charge in [-0.2, -0.15) is 11.8 Å². The second-order valence-corrected chi connectivity index (χ2v) is 5.80. The molecule has 0 aliphatic heterocycles. The Bertz CT molecular complexity index is 556. The molecule has 19 heavy (non-hydrogen) atoms. The number of thioether (sulfide) groups is 1. The lowest BCUT2D eigenvalue weighted by molar-refractivity contribution is 0.671. The first kappa shape index (κ1) is 14.0. The first-order valence-corrected chi connectivity index (χ1v) is 7.89. The molecule has 0 bridgehead atoms. The number of rotatable bonds is 5. The monoisotopic (exact) mass is 275 g/mol. The molecule has 3 nitrogen and oxygen atoms in total. The Morgan fingerprint density at radius 2 is 2.16 bits per heavy atom. The Hall–Kier alpha value is -1.42. The van der Waals surface area contributed by atoms with Crippen LogP contribution in [0.2, 0.25) is 0 Å². The Morgan fingerprint density at radius 3 is 2.89 bits per heavy atom. The average Bonchev–Trinajstić information content (AvgIpc) is 2.45. The fourth-order valence-electron chi connectivity index (χ4n) is 2.18. The van der Waals surface area contributed by atoms with Crippen LogP contribution in [-0.4, -0.2) is 30.1 Å². The van der Waals surface area contributed by atoms with Crippen LogP contribution in [-0.2, 0) is 0 Å². The van der Waals surface area contributed by atoms with E-state index in [9.17, 15) is 0 Å². The van der Waals surface area contributed by atoms with Crippen molar-refractivity contribution in [3.63, 3.8) is 0 Å². The summed E-state index contributed by atoms with van der Waals surface area (Å²) >= 11 is 1.89. The van der Waals surface area contributed by atoms with Gasteiger partial charge in [-0.05, 0) is 49.6 Å². The predicted octanol–water partition coefficient (Wildman–Crippen LogP) is 3.39. The molecule has 1 atom stereocenters. The number of nitrogen functional groups attached to an aromatic ring is 1. The topological polar surface area (TPSA) is 42.1 Å². The molecule has 1 aromatic heterocycles. The van der Waals surface area contributed by atoms with Crippen molar-refractivity contribution < 1.29 is 0 Å². The second-order valence-electron chi connectivity index (χ2n) is 4.81. The van der Waals surface area contributed by atoms with Crippen molar-refractivity contribution in [3.8, 4) is 0 Å². The van der Waals surface area contributed by atoms with Crippen molar-refractivity contribution in [1.82, 2.24) is 4.98 Å². The fourth-order valence-corrected chi connectivity index (χ4v) is 2.76. The number of fused-ring (bicyclic) bond motifs is 1. The van der Waals surface area contributed by atoms with Crippen molar-refractivity contribution in [2.24, 2.45) is 0 Å². The van der Waals surface area contributed by atoms with Crippen LogP contribution in [0.4, 0.5) is 11.4 Å². The summed E-state index contributed by atoms with van der Waals surface area (Å²) < 4.78 is 0. The molecule has 0 fully saturated rings. The summed E-state index contributed by atoms with van der Waals surface area (Å²) in [5, 5.41) is 1.03. The zero-order valence-corrected chi connectivity index (χ0v) is 12.6. The van der Waals surface area contributed by atoms with E-state index in [4.69, 9.17) is 5.73 Å². The van der Waals surface area contributed by atoms with Gasteiger partial charge in [-0.3, -0.25) is 4.98 Å². The van der Waals surface area contributed by atoms with Gasteiger partial charge in [-0.15, -0.1) is 0 Å². The summed E-state index contributed by atoms with van der Waals surface area (Å²) in [6.07, 6.45) is 5.13. The van der Waals surface area contributed by atoms with E-state index in [1.807, 2.05) is 36.2 Å². The number of hydrogen-bond acceptors (Lipinski definition) is 4. The zero-order valence-electron chi connectivity index (χ0n) is 11.8. The Balaban J connectivity index is 2.37. The molecule has 0 saturated heterocycles. The first-order valence-electron chi connectivity index (χ1n) is 6.50. The van der Waals surface area contributed by atoms with E-state index in [2.05, 4.69) is 36.2 Å². The lowest BCUT2D eigenvalue weighted by Crippen LogP contribution is -2.29. The third-order valence-electron chi connectivity index (χ3n) is 3.56. The van der Waals surface area contributed by atoms with E-state index in [1.54, 1.807) is 0 Å². The maximum absolute atomic E-state index is 6.02. The van der Waals surface area contributed by atoms with Gasteiger partial charge in [0.15, 0.2) is 0 Å². The van der Waals surface area contributed by atoms with Gasteiger partial charge in [0.05, 0.1) is 11.2 Å². The number of nitrogens with two attached hydrogens (primary N) is 1. The third-order valence-corrected chi connectivity index (χ3v) is 4.21. The molecule has 0 aliphatic rings. The number of benzene rings is 1. The quantitative estimate of drug-likeness (QED) is 0.849. The van der Waals surface area contributed by atoms with Gasteiger partial charge in [0.2, 0.25) is 0 Å². The summed E-state index contributed by atoms with van der Waals surface area (Å²) in [7, 11) is 2.13. The van der Waals surface area contributed by atoms with Crippen LogP contribution in [0.5, 0.6) is 0 Å². The van der Waals surface area contributed by atoms with Crippen molar-refractivity contribution in [2.75, 3.05) is 29.7 Å². The molecule has 0 saturated carbocycles. The lowest BCUT2D eigenvalue weighted by Gasteiger charge is -2.28.